The Bertz CT molecular complexity index is 695. The van der Waals surface area contributed by atoms with Gasteiger partial charge in [-0.25, -0.2) is 9.67 Å². The van der Waals surface area contributed by atoms with Crippen molar-refractivity contribution in [1.82, 2.24) is 24.5 Å². The minimum atomic E-state index is 0.288. The van der Waals surface area contributed by atoms with Crippen molar-refractivity contribution in [3.8, 4) is 11.4 Å². The van der Waals surface area contributed by atoms with Crippen LogP contribution in [0, 0.1) is 9.12 Å². The Hall–Kier alpha value is -0.920. The van der Waals surface area contributed by atoms with Crippen LogP contribution in [-0.4, -0.2) is 24.5 Å². The van der Waals surface area contributed by atoms with Crippen molar-refractivity contribution < 1.29 is 0 Å². The molecule has 1 aliphatic carbocycles. The van der Waals surface area contributed by atoms with Gasteiger partial charge in [0.15, 0.2) is 11.6 Å². The third kappa shape index (κ3) is 2.59. The van der Waals surface area contributed by atoms with Crippen molar-refractivity contribution in [3.05, 3.63) is 15.7 Å². The highest BCUT2D eigenvalue weighted by molar-refractivity contribution is 14.1. The van der Waals surface area contributed by atoms with Crippen molar-refractivity contribution in [2.75, 3.05) is 0 Å². The lowest BCUT2D eigenvalue weighted by atomic mass is 10.1. The maximum Gasteiger partial charge on any atom is 0.162 e. The Kier molecular flexibility index (Phi) is 3.86. The molecule has 0 bridgehead atoms. The SMILES string of the molecule is CC(C)n1nc(C2CC2(C)C)nc1-c1cnn(C(C)C)c1I. The van der Waals surface area contributed by atoms with Crippen molar-refractivity contribution in [1.29, 1.82) is 0 Å². The average molecular weight is 413 g/mol. The van der Waals surface area contributed by atoms with Gasteiger partial charge in [-0.05, 0) is 62.1 Å². The third-order valence-electron chi connectivity index (χ3n) is 4.43. The van der Waals surface area contributed by atoms with Gasteiger partial charge >= 0.3 is 0 Å². The first-order valence-electron chi connectivity index (χ1n) is 7.92. The van der Waals surface area contributed by atoms with E-state index in [2.05, 4.69) is 69.2 Å². The monoisotopic (exact) mass is 413 g/mol. The van der Waals surface area contributed by atoms with Crippen LogP contribution in [0.3, 0.4) is 0 Å². The molecule has 2 aromatic heterocycles. The molecule has 1 atom stereocenters. The molecule has 0 saturated heterocycles. The second-order valence-corrected chi connectivity index (χ2v) is 8.49. The highest BCUT2D eigenvalue weighted by atomic mass is 127. The molecular weight excluding hydrogens is 389 g/mol. The van der Waals surface area contributed by atoms with Gasteiger partial charge in [0, 0.05) is 18.0 Å². The van der Waals surface area contributed by atoms with Crippen LogP contribution in [0.25, 0.3) is 11.4 Å². The number of nitrogens with zero attached hydrogens (tertiary/aromatic N) is 5. The zero-order valence-electron chi connectivity index (χ0n) is 14.1. The maximum absolute atomic E-state index is 4.89. The van der Waals surface area contributed by atoms with Crippen LogP contribution < -0.4 is 0 Å². The normalized spacial score (nSPS) is 20.1. The molecule has 0 N–H and O–H groups in total. The Labute approximate surface area is 145 Å². The fourth-order valence-electron chi connectivity index (χ4n) is 2.80. The molecule has 1 saturated carbocycles. The van der Waals surface area contributed by atoms with E-state index in [9.17, 15) is 0 Å². The highest BCUT2D eigenvalue weighted by Gasteiger charge is 2.49. The Morgan fingerprint density at radius 3 is 2.23 bits per heavy atom. The Balaban J connectivity index is 2.06. The van der Waals surface area contributed by atoms with Crippen LogP contribution in [0.4, 0.5) is 0 Å². The molecule has 1 fully saturated rings. The zero-order valence-corrected chi connectivity index (χ0v) is 16.3. The van der Waals surface area contributed by atoms with Gasteiger partial charge in [-0.1, -0.05) is 13.8 Å². The van der Waals surface area contributed by atoms with Gasteiger partial charge in [0.2, 0.25) is 0 Å². The molecule has 22 heavy (non-hydrogen) atoms. The van der Waals surface area contributed by atoms with Gasteiger partial charge in [-0.3, -0.25) is 4.68 Å². The largest absolute Gasteiger partial charge is 0.256 e. The lowest BCUT2D eigenvalue weighted by Crippen LogP contribution is -2.07. The Morgan fingerprint density at radius 1 is 1.18 bits per heavy atom. The average Bonchev–Trinajstić information content (AvgIpc) is 2.79. The number of hydrogen-bond donors (Lipinski definition) is 0. The predicted molar refractivity (Wildman–Crippen MR) is 95.9 cm³/mol. The molecule has 0 aromatic carbocycles. The van der Waals surface area contributed by atoms with E-state index in [0.29, 0.717) is 17.4 Å². The van der Waals surface area contributed by atoms with Crippen LogP contribution in [0.2, 0.25) is 0 Å². The first-order chi connectivity index (χ1) is 10.2. The summed E-state index contributed by atoms with van der Waals surface area (Å²) in [6.07, 6.45) is 3.10. The highest BCUT2D eigenvalue weighted by Crippen LogP contribution is 2.57. The smallest absolute Gasteiger partial charge is 0.162 e. The summed E-state index contributed by atoms with van der Waals surface area (Å²) >= 11 is 2.36. The maximum atomic E-state index is 4.89. The van der Waals surface area contributed by atoms with Gasteiger partial charge < -0.3 is 0 Å². The van der Waals surface area contributed by atoms with Gasteiger partial charge in [-0.15, -0.1) is 0 Å². The van der Waals surface area contributed by atoms with E-state index in [0.717, 1.165) is 20.9 Å². The van der Waals surface area contributed by atoms with Gasteiger partial charge in [0.1, 0.15) is 3.70 Å². The molecule has 0 aliphatic heterocycles. The van der Waals surface area contributed by atoms with E-state index in [1.807, 2.05) is 15.6 Å². The lowest BCUT2D eigenvalue weighted by Gasteiger charge is -2.10. The van der Waals surface area contributed by atoms with E-state index < -0.39 is 0 Å². The summed E-state index contributed by atoms with van der Waals surface area (Å²) in [7, 11) is 0. The molecule has 5 nitrogen and oxygen atoms in total. The summed E-state index contributed by atoms with van der Waals surface area (Å²) in [5, 5.41) is 9.32. The summed E-state index contributed by atoms with van der Waals surface area (Å²) < 4.78 is 5.22. The topological polar surface area (TPSA) is 48.5 Å². The molecule has 0 radical (unpaired) electrons. The molecule has 1 unspecified atom stereocenters. The fraction of sp³-hybridized carbons (Fsp3) is 0.688. The minimum absolute atomic E-state index is 0.288. The second-order valence-electron chi connectivity index (χ2n) is 7.46. The summed E-state index contributed by atoms with van der Waals surface area (Å²) in [6.45, 7) is 13.2. The molecule has 1 aliphatic rings. The third-order valence-corrected chi connectivity index (χ3v) is 5.50. The quantitative estimate of drug-likeness (QED) is 0.698. The molecule has 3 rings (SSSR count). The minimum Gasteiger partial charge on any atom is -0.256 e. The van der Waals surface area contributed by atoms with Crippen LogP contribution in [0.15, 0.2) is 6.20 Å². The van der Waals surface area contributed by atoms with Crippen LogP contribution >= 0.6 is 22.6 Å². The van der Waals surface area contributed by atoms with Crippen molar-refractivity contribution in [2.24, 2.45) is 5.41 Å². The summed E-state index contributed by atoms with van der Waals surface area (Å²) in [6, 6.07) is 0.634. The predicted octanol–water partition coefficient (Wildman–Crippen LogP) is 4.42. The van der Waals surface area contributed by atoms with E-state index in [-0.39, 0.29) is 6.04 Å². The number of hydrogen-bond acceptors (Lipinski definition) is 3. The van der Waals surface area contributed by atoms with Gasteiger partial charge in [0.05, 0.1) is 11.8 Å². The summed E-state index contributed by atoms with van der Waals surface area (Å²) in [5.41, 5.74) is 1.43. The number of rotatable bonds is 4. The van der Waals surface area contributed by atoms with E-state index >= 15 is 0 Å². The Morgan fingerprint density at radius 2 is 1.77 bits per heavy atom. The first-order valence-corrected chi connectivity index (χ1v) is 9.00. The van der Waals surface area contributed by atoms with E-state index in [1.165, 1.54) is 6.42 Å². The number of aromatic nitrogens is 5. The van der Waals surface area contributed by atoms with Crippen molar-refractivity contribution in [2.45, 2.75) is 66.0 Å². The van der Waals surface area contributed by atoms with Gasteiger partial charge in [0.25, 0.3) is 0 Å². The molecular formula is C16H24IN5. The molecule has 2 heterocycles. The van der Waals surface area contributed by atoms with Crippen LogP contribution in [-0.2, 0) is 0 Å². The lowest BCUT2D eigenvalue weighted by molar-refractivity contribution is 0.518. The molecule has 120 valence electrons. The first kappa shape index (κ1) is 16.0. The second kappa shape index (κ2) is 5.32. The van der Waals surface area contributed by atoms with Gasteiger partial charge in [-0.2, -0.15) is 10.2 Å². The van der Waals surface area contributed by atoms with E-state index in [4.69, 9.17) is 10.1 Å². The molecule has 0 amide bonds. The fourth-order valence-corrected chi connectivity index (χ4v) is 3.86. The summed E-state index contributed by atoms with van der Waals surface area (Å²) in [5.74, 6) is 2.43. The van der Waals surface area contributed by atoms with Crippen molar-refractivity contribution in [3.63, 3.8) is 0 Å². The molecule has 0 spiro atoms. The summed E-state index contributed by atoms with van der Waals surface area (Å²) in [4.78, 5) is 4.89. The standard InChI is InChI=1S/C16H24IN5/c1-9(2)21-13(17)11(8-18-21)15-19-14(12-7-16(12,5)6)20-22(15)10(3)4/h8-10,12H,7H2,1-6H3. The van der Waals surface area contributed by atoms with Crippen molar-refractivity contribution >= 4 is 22.6 Å². The number of halogens is 1. The zero-order chi connectivity index (χ0) is 16.2. The molecule has 6 heteroatoms. The molecule has 2 aromatic rings. The van der Waals surface area contributed by atoms with E-state index in [1.54, 1.807) is 0 Å². The van der Waals surface area contributed by atoms with Crippen LogP contribution in [0.1, 0.15) is 71.8 Å². The van der Waals surface area contributed by atoms with Crippen LogP contribution in [0.5, 0.6) is 0 Å².